The number of nitrogens with zero attached hydrogens (tertiary/aromatic N) is 2. The van der Waals surface area contributed by atoms with Crippen LogP contribution in [-0.2, 0) is 26.2 Å². The van der Waals surface area contributed by atoms with E-state index < -0.39 is 0 Å². The average Bonchev–Trinajstić information content (AvgIpc) is 2.69. The summed E-state index contributed by atoms with van der Waals surface area (Å²) < 4.78 is 0. The van der Waals surface area contributed by atoms with Gasteiger partial charge in [0, 0.05) is 37.6 Å². The molecule has 165 valence electrons. The molecule has 0 bridgehead atoms. The van der Waals surface area contributed by atoms with E-state index in [0.29, 0.717) is 0 Å². The predicted molar refractivity (Wildman–Crippen MR) is 117 cm³/mol. The number of benzene rings is 2. The van der Waals surface area contributed by atoms with E-state index in [1.54, 1.807) is 24.3 Å². The van der Waals surface area contributed by atoms with Gasteiger partial charge in [-0.1, -0.05) is 75.6 Å². The molecular weight excluding hydrogens is 566 g/mol. The summed E-state index contributed by atoms with van der Waals surface area (Å²) in [6.45, 7) is 12.4. The van der Waals surface area contributed by atoms with E-state index in [-0.39, 0.29) is 61.7 Å². The van der Waals surface area contributed by atoms with Gasteiger partial charge in [0.05, 0.1) is 0 Å². The Morgan fingerprint density at radius 1 is 0.567 bits per heavy atom. The van der Waals surface area contributed by atoms with Crippen molar-refractivity contribution in [3.8, 4) is 11.5 Å². The molecule has 6 heteroatoms. The van der Waals surface area contributed by atoms with Crippen molar-refractivity contribution in [1.29, 1.82) is 0 Å². The second-order valence-corrected chi connectivity index (χ2v) is 6.91. The Bertz CT molecular complexity index is 604. The van der Waals surface area contributed by atoms with Crippen molar-refractivity contribution >= 4 is 11.4 Å². The first-order valence-electron chi connectivity index (χ1n) is 10.6. The van der Waals surface area contributed by atoms with Gasteiger partial charge in [0.2, 0.25) is 0 Å². The van der Waals surface area contributed by atoms with Gasteiger partial charge in [-0.15, -0.1) is 0 Å². The quantitative estimate of drug-likeness (QED) is 0.390. The molecule has 0 fully saturated rings. The van der Waals surface area contributed by atoms with Crippen LogP contribution in [0.5, 0.6) is 11.5 Å². The molecule has 0 atom stereocenters. The Kier molecular flexibility index (Phi) is 19.9. The molecule has 0 aliphatic carbocycles. The third-order valence-corrected chi connectivity index (χ3v) is 4.39. The Balaban J connectivity index is 0. The van der Waals surface area contributed by atoms with Gasteiger partial charge in [-0.25, -0.2) is 0 Å². The first-order chi connectivity index (χ1) is 13.6. The molecule has 1 radical (unpaired) electrons. The van der Waals surface area contributed by atoms with E-state index in [2.05, 4.69) is 37.5 Å². The summed E-state index contributed by atoms with van der Waals surface area (Å²) in [4.78, 5) is 4.34. The molecule has 2 aromatic rings. The molecule has 0 heterocycles. The molecule has 2 rings (SSSR count). The minimum Gasteiger partial charge on any atom is -1.00 e. The van der Waals surface area contributed by atoms with Gasteiger partial charge in [0.15, 0.2) is 0 Å². The van der Waals surface area contributed by atoms with Gasteiger partial charge in [-0.05, 0) is 37.8 Å². The maximum absolute atomic E-state index is 11.6. The molecule has 4 nitrogen and oxygen atoms in total. The van der Waals surface area contributed by atoms with Crippen LogP contribution in [-0.4, -0.2) is 26.2 Å². The minimum atomic E-state index is 0. The summed E-state index contributed by atoms with van der Waals surface area (Å²) in [5.74, 6) is 0.267. The first-order valence-corrected chi connectivity index (χ1v) is 10.6. The molecular formula is C24H36IN2O2Zr. The smallest absolute Gasteiger partial charge is 1.00 e. The van der Waals surface area contributed by atoms with Crippen LogP contribution in [0.1, 0.15) is 53.4 Å². The maximum Gasteiger partial charge on any atom is 3.00 e. The third kappa shape index (κ3) is 11.0. The Hall–Kier alpha value is -0.747. The van der Waals surface area contributed by atoms with Crippen molar-refractivity contribution < 1.29 is 60.4 Å². The van der Waals surface area contributed by atoms with E-state index in [1.165, 1.54) is 0 Å². The topological polar surface area (TPSA) is 52.6 Å². The van der Waals surface area contributed by atoms with Gasteiger partial charge in [-0.2, -0.15) is 0 Å². The maximum atomic E-state index is 11.6. The molecule has 30 heavy (non-hydrogen) atoms. The molecule has 2 aromatic carbocycles. The number of hydrogen-bond donors (Lipinski definition) is 0. The Morgan fingerprint density at radius 2 is 0.833 bits per heavy atom. The van der Waals surface area contributed by atoms with Gasteiger partial charge in [0.1, 0.15) is 0 Å². The van der Waals surface area contributed by atoms with Crippen molar-refractivity contribution in [2.24, 2.45) is 0 Å². The van der Waals surface area contributed by atoms with Crippen LogP contribution in [0, 0.1) is 0 Å². The van der Waals surface area contributed by atoms with E-state index in [0.717, 1.165) is 63.2 Å². The van der Waals surface area contributed by atoms with Gasteiger partial charge < -0.3 is 44.0 Å². The normalized spacial score (nSPS) is 9.47. The van der Waals surface area contributed by atoms with Crippen molar-refractivity contribution in [1.82, 2.24) is 0 Å². The summed E-state index contributed by atoms with van der Waals surface area (Å²) in [5, 5.41) is 23.1. The summed E-state index contributed by atoms with van der Waals surface area (Å²) in [6.07, 6.45) is 4.31. The van der Waals surface area contributed by atoms with Crippen molar-refractivity contribution in [3.63, 3.8) is 0 Å². The zero-order valence-corrected chi connectivity index (χ0v) is 23.5. The fraction of sp³-hybridized carbons (Fsp3) is 0.500. The zero-order chi connectivity index (χ0) is 20.8. The number of para-hydroxylation sites is 4. The minimum absolute atomic E-state index is 0. The summed E-state index contributed by atoms with van der Waals surface area (Å²) in [5.41, 5.74) is 1.69. The van der Waals surface area contributed by atoms with Crippen LogP contribution >= 0.6 is 0 Å². The number of rotatable bonds is 10. The largest absolute Gasteiger partial charge is 3.00 e. The molecule has 0 aliphatic heterocycles. The van der Waals surface area contributed by atoms with Crippen LogP contribution in [0.3, 0.4) is 0 Å². The summed E-state index contributed by atoms with van der Waals surface area (Å²) in [7, 11) is 0. The molecule has 0 amide bonds. The second-order valence-electron chi connectivity index (χ2n) is 6.91. The fourth-order valence-electron chi connectivity index (χ4n) is 3.22. The van der Waals surface area contributed by atoms with Gasteiger partial charge in [-0.3, -0.25) is 0 Å². The van der Waals surface area contributed by atoms with Crippen LogP contribution in [0.15, 0.2) is 48.5 Å². The Labute approximate surface area is 219 Å². The molecule has 0 aromatic heterocycles. The van der Waals surface area contributed by atoms with Gasteiger partial charge >= 0.3 is 26.2 Å². The van der Waals surface area contributed by atoms with Crippen LogP contribution in [0.4, 0.5) is 11.4 Å². The Morgan fingerprint density at radius 3 is 1.07 bits per heavy atom. The molecule has 0 unspecified atom stereocenters. The van der Waals surface area contributed by atoms with E-state index in [4.69, 9.17) is 0 Å². The molecule has 0 saturated heterocycles. The van der Waals surface area contributed by atoms with Crippen molar-refractivity contribution in [2.75, 3.05) is 36.0 Å². The zero-order valence-electron chi connectivity index (χ0n) is 18.9. The van der Waals surface area contributed by atoms with E-state index >= 15 is 0 Å². The summed E-state index contributed by atoms with van der Waals surface area (Å²) >= 11 is 0. The average molecular weight is 603 g/mol. The molecule has 0 saturated carbocycles. The van der Waals surface area contributed by atoms with Crippen LogP contribution in [0.25, 0.3) is 0 Å². The van der Waals surface area contributed by atoms with Crippen LogP contribution in [0.2, 0.25) is 0 Å². The van der Waals surface area contributed by atoms with Gasteiger partial charge in [0.25, 0.3) is 0 Å². The van der Waals surface area contributed by atoms with Crippen molar-refractivity contribution in [2.45, 2.75) is 53.4 Å². The summed E-state index contributed by atoms with van der Waals surface area (Å²) in [6, 6.07) is 14.5. The number of halogens is 1. The monoisotopic (exact) mass is 601 g/mol. The predicted octanol–water partition coefficient (Wildman–Crippen LogP) is 1.77. The standard InChI is InChI=1S/2C12H19NO.HI.Zr/c2*1-3-9-13(10-4-2)11-7-5-6-8-12(11)14;;/h2*5-8,14H,3-4,9-10H2,1-2H3;1H;/q;;;+3/p-3. The number of anilines is 2. The van der Waals surface area contributed by atoms with E-state index in [1.807, 2.05) is 24.3 Å². The van der Waals surface area contributed by atoms with Crippen LogP contribution < -0.4 is 44.0 Å². The first kappa shape index (κ1) is 31.4. The van der Waals surface area contributed by atoms with Crippen molar-refractivity contribution in [3.05, 3.63) is 48.5 Å². The van der Waals surface area contributed by atoms with E-state index in [9.17, 15) is 10.2 Å². The molecule has 0 aliphatic rings. The SMILES string of the molecule is CCCN(CCC)c1ccccc1[O-].CCCN(CCC)c1ccccc1[O-].[I-].[Zr+3]. The third-order valence-electron chi connectivity index (χ3n) is 4.39. The molecule has 0 spiro atoms. The second kappa shape index (κ2) is 19.0. The fourth-order valence-corrected chi connectivity index (χ4v) is 3.22. The number of hydrogen-bond acceptors (Lipinski definition) is 4. The molecule has 0 N–H and O–H groups in total.